The third-order valence-corrected chi connectivity index (χ3v) is 3.32. The van der Waals surface area contributed by atoms with Crippen molar-refractivity contribution in [2.45, 2.75) is 27.2 Å². The van der Waals surface area contributed by atoms with Crippen molar-refractivity contribution in [1.29, 1.82) is 0 Å². The molecule has 0 unspecified atom stereocenters. The standard InChI is InChI=1S/C12H15NO2S/c1-5-9(14)10-6-8(4)11(16-10)12(15)13-7(2)3/h6H,2,5H2,1,3-4H3,(H,13,15). The van der Waals surface area contributed by atoms with Crippen LogP contribution < -0.4 is 5.32 Å². The smallest absolute Gasteiger partial charge is 0.265 e. The number of carbonyl (C=O) groups excluding carboxylic acids is 2. The summed E-state index contributed by atoms with van der Waals surface area (Å²) in [5, 5.41) is 2.64. The lowest BCUT2D eigenvalue weighted by Crippen LogP contribution is -2.20. The quantitative estimate of drug-likeness (QED) is 0.818. The topological polar surface area (TPSA) is 46.2 Å². The van der Waals surface area contributed by atoms with Gasteiger partial charge in [0, 0.05) is 12.1 Å². The Morgan fingerprint density at radius 2 is 2.12 bits per heavy atom. The van der Waals surface area contributed by atoms with E-state index in [1.165, 1.54) is 11.3 Å². The van der Waals surface area contributed by atoms with Crippen LogP contribution in [0.4, 0.5) is 0 Å². The fraction of sp³-hybridized carbons (Fsp3) is 0.333. The van der Waals surface area contributed by atoms with E-state index in [0.29, 0.717) is 21.9 Å². The van der Waals surface area contributed by atoms with Gasteiger partial charge in [-0.3, -0.25) is 9.59 Å². The van der Waals surface area contributed by atoms with Gasteiger partial charge < -0.3 is 5.32 Å². The molecule has 1 aromatic heterocycles. The van der Waals surface area contributed by atoms with Crippen molar-refractivity contribution in [3.63, 3.8) is 0 Å². The van der Waals surface area contributed by atoms with Crippen LogP contribution in [0.25, 0.3) is 0 Å². The summed E-state index contributed by atoms with van der Waals surface area (Å²) in [6, 6.07) is 1.77. The first-order valence-electron chi connectivity index (χ1n) is 5.06. The Hall–Kier alpha value is -1.42. The maximum atomic E-state index is 11.7. The van der Waals surface area contributed by atoms with E-state index in [0.717, 1.165) is 5.56 Å². The average molecular weight is 237 g/mol. The zero-order valence-electron chi connectivity index (χ0n) is 9.72. The molecule has 0 spiro atoms. The van der Waals surface area contributed by atoms with Gasteiger partial charge in [-0.2, -0.15) is 0 Å². The first-order chi connectivity index (χ1) is 7.45. The first-order valence-corrected chi connectivity index (χ1v) is 5.87. The normalized spacial score (nSPS) is 9.94. The second-order valence-electron chi connectivity index (χ2n) is 3.63. The highest BCUT2D eigenvalue weighted by Gasteiger charge is 2.16. The highest BCUT2D eigenvalue weighted by Crippen LogP contribution is 2.23. The highest BCUT2D eigenvalue weighted by atomic mass is 32.1. The molecule has 1 aromatic rings. The number of ketones is 1. The number of rotatable bonds is 4. The van der Waals surface area contributed by atoms with Crippen LogP contribution in [0.15, 0.2) is 18.3 Å². The Bertz CT molecular complexity index is 446. The van der Waals surface area contributed by atoms with E-state index in [2.05, 4.69) is 11.9 Å². The molecule has 0 fully saturated rings. The van der Waals surface area contributed by atoms with Crippen molar-refractivity contribution in [1.82, 2.24) is 5.32 Å². The molecule has 0 aromatic carbocycles. The predicted molar refractivity (Wildman–Crippen MR) is 66.0 cm³/mol. The predicted octanol–water partition coefficient (Wildman–Crippen LogP) is 2.91. The van der Waals surface area contributed by atoms with Crippen molar-refractivity contribution in [3.05, 3.63) is 33.7 Å². The molecule has 0 radical (unpaired) electrons. The molecular formula is C12H15NO2S. The molecule has 0 saturated carbocycles. The lowest BCUT2D eigenvalue weighted by Gasteiger charge is -2.01. The maximum Gasteiger partial charge on any atom is 0.265 e. The molecular weight excluding hydrogens is 222 g/mol. The molecule has 0 bridgehead atoms. The molecule has 4 heteroatoms. The molecule has 0 aliphatic heterocycles. The van der Waals surface area contributed by atoms with Crippen LogP contribution in [0.1, 0.15) is 45.2 Å². The van der Waals surface area contributed by atoms with Gasteiger partial charge in [-0.05, 0) is 25.5 Å². The molecule has 1 heterocycles. The number of Topliss-reactive ketones (excluding diaryl/α,β-unsaturated/α-hetero) is 1. The Balaban J connectivity index is 2.98. The Morgan fingerprint density at radius 3 is 2.62 bits per heavy atom. The monoisotopic (exact) mass is 237 g/mol. The van der Waals surface area contributed by atoms with Gasteiger partial charge in [-0.15, -0.1) is 11.3 Å². The molecule has 0 saturated heterocycles. The zero-order chi connectivity index (χ0) is 12.3. The second-order valence-corrected chi connectivity index (χ2v) is 4.69. The number of hydrogen-bond acceptors (Lipinski definition) is 3. The van der Waals surface area contributed by atoms with E-state index in [4.69, 9.17) is 0 Å². The Labute approximate surface area is 99.2 Å². The summed E-state index contributed by atoms with van der Waals surface area (Å²) < 4.78 is 0. The summed E-state index contributed by atoms with van der Waals surface area (Å²) >= 11 is 1.24. The molecule has 0 atom stereocenters. The number of carbonyl (C=O) groups is 2. The van der Waals surface area contributed by atoms with Crippen LogP contribution in [0.3, 0.4) is 0 Å². The van der Waals surface area contributed by atoms with E-state index in [-0.39, 0.29) is 11.7 Å². The minimum Gasteiger partial charge on any atom is -0.326 e. The summed E-state index contributed by atoms with van der Waals surface area (Å²) in [6.45, 7) is 8.98. The minimum absolute atomic E-state index is 0.0717. The van der Waals surface area contributed by atoms with Gasteiger partial charge >= 0.3 is 0 Å². The highest BCUT2D eigenvalue weighted by molar-refractivity contribution is 7.16. The fourth-order valence-corrected chi connectivity index (χ4v) is 2.35. The van der Waals surface area contributed by atoms with Crippen LogP contribution >= 0.6 is 11.3 Å². The SMILES string of the molecule is C=C(C)NC(=O)c1sc(C(=O)CC)cc1C. The van der Waals surface area contributed by atoms with Gasteiger partial charge in [-0.1, -0.05) is 13.5 Å². The number of amides is 1. The molecule has 3 nitrogen and oxygen atoms in total. The maximum absolute atomic E-state index is 11.7. The summed E-state index contributed by atoms with van der Waals surface area (Å²) in [7, 11) is 0. The Kier molecular flexibility index (Phi) is 4.01. The van der Waals surface area contributed by atoms with E-state index in [1.807, 2.05) is 13.8 Å². The number of aryl methyl sites for hydroxylation is 1. The molecule has 1 N–H and O–H groups in total. The largest absolute Gasteiger partial charge is 0.326 e. The van der Waals surface area contributed by atoms with Crippen molar-refractivity contribution >= 4 is 23.0 Å². The van der Waals surface area contributed by atoms with Gasteiger partial charge in [0.15, 0.2) is 5.78 Å². The van der Waals surface area contributed by atoms with Crippen LogP contribution in [0.2, 0.25) is 0 Å². The van der Waals surface area contributed by atoms with E-state index in [1.54, 1.807) is 13.0 Å². The van der Waals surface area contributed by atoms with E-state index < -0.39 is 0 Å². The van der Waals surface area contributed by atoms with Gasteiger partial charge in [-0.25, -0.2) is 0 Å². The second kappa shape index (κ2) is 5.07. The molecule has 0 aliphatic rings. The lowest BCUT2D eigenvalue weighted by atomic mass is 10.2. The van der Waals surface area contributed by atoms with Crippen LogP contribution in [0.5, 0.6) is 0 Å². The van der Waals surface area contributed by atoms with Crippen LogP contribution in [0, 0.1) is 6.92 Å². The van der Waals surface area contributed by atoms with Gasteiger partial charge in [0.2, 0.25) is 0 Å². The molecule has 1 amide bonds. The van der Waals surface area contributed by atoms with E-state index in [9.17, 15) is 9.59 Å². The zero-order valence-corrected chi connectivity index (χ0v) is 10.5. The molecule has 1 rings (SSSR count). The van der Waals surface area contributed by atoms with Crippen molar-refractivity contribution in [2.24, 2.45) is 0 Å². The minimum atomic E-state index is -0.190. The molecule has 16 heavy (non-hydrogen) atoms. The number of nitrogens with one attached hydrogen (secondary N) is 1. The first kappa shape index (κ1) is 12.6. The van der Waals surface area contributed by atoms with Crippen LogP contribution in [-0.2, 0) is 0 Å². The number of hydrogen-bond donors (Lipinski definition) is 1. The summed E-state index contributed by atoms with van der Waals surface area (Å²) in [5.41, 5.74) is 1.43. The molecule has 86 valence electrons. The number of allylic oxidation sites excluding steroid dienone is 1. The summed E-state index contributed by atoms with van der Waals surface area (Å²) in [5.74, 6) is -0.118. The third-order valence-electron chi connectivity index (χ3n) is 2.05. The van der Waals surface area contributed by atoms with Crippen LogP contribution in [-0.4, -0.2) is 11.7 Å². The average Bonchev–Trinajstić information content (AvgIpc) is 2.58. The fourth-order valence-electron chi connectivity index (χ4n) is 1.27. The van der Waals surface area contributed by atoms with Crippen molar-refractivity contribution in [2.75, 3.05) is 0 Å². The van der Waals surface area contributed by atoms with Gasteiger partial charge in [0.05, 0.1) is 9.75 Å². The third kappa shape index (κ3) is 2.79. The number of thiophene rings is 1. The lowest BCUT2D eigenvalue weighted by molar-refractivity contribution is 0.0967. The summed E-state index contributed by atoms with van der Waals surface area (Å²) in [6.07, 6.45) is 0.460. The Morgan fingerprint density at radius 1 is 1.50 bits per heavy atom. The van der Waals surface area contributed by atoms with Crippen molar-refractivity contribution in [3.8, 4) is 0 Å². The van der Waals surface area contributed by atoms with Gasteiger partial charge in [0.25, 0.3) is 5.91 Å². The van der Waals surface area contributed by atoms with Crippen molar-refractivity contribution < 1.29 is 9.59 Å². The molecule has 0 aliphatic carbocycles. The van der Waals surface area contributed by atoms with E-state index >= 15 is 0 Å². The van der Waals surface area contributed by atoms with Gasteiger partial charge in [0.1, 0.15) is 0 Å². The summed E-state index contributed by atoms with van der Waals surface area (Å²) in [4.78, 5) is 24.4.